The zero-order chi connectivity index (χ0) is 29.0. The summed E-state index contributed by atoms with van der Waals surface area (Å²) in [6, 6.07) is 13.6. The van der Waals surface area contributed by atoms with Gasteiger partial charge in [-0.25, -0.2) is 0 Å². The first kappa shape index (κ1) is 33.0. The van der Waals surface area contributed by atoms with E-state index in [9.17, 15) is 9.59 Å². The Bertz CT molecular complexity index is 892. The highest BCUT2D eigenvalue weighted by molar-refractivity contribution is 5.76. The molecular weight excluding hydrogens is 512 g/mol. The van der Waals surface area contributed by atoms with Gasteiger partial charge in [-0.2, -0.15) is 0 Å². The number of nitrogens with two attached hydrogens (primary N) is 4. The second-order valence-electron chi connectivity index (χ2n) is 9.64. The molecule has 0 radical (unpaired) electrons. The molecule has 2 atom stereocenters. The first-order chi connectivity index (χ1) is 19.4. The van der Waals surface area contributed by atoms with Crippen LogP contribution in [0.3, 0.4) is 0 Å². The number of hydrogen-bond donors (Lipinski definition) is 4. The first-order valence-electron chi connectivity index (χ1n) is 14.1. The molecule has 0 aliphatic carbocycles. The normalized spacial score (nSPS) is 12.4. The second-order valence-corrected chi connectivity index (χ2v) is 9.64. The number of carbonyl (C=O) groups excluding carboxylic acids is 2. The number of ether oxygens (including phenoxy) is 4. The Hall–Kier alpha value is -3.18. The first-order valence-corrected chi connectivity index (χ1v) is 14.1. The molecule has 0 aliphatic heterocycles. The average molecular weight is 559 g/mol. The van der Waals surface area contributed by atoms with Crippen LogP contribution in [0.15, 0.2) is 48.5 Å². The topological polar surface area (TPSA) is 175 Å². The average Bonchev–Trinajstić information content (AvgIpc) is 2.96. The third-order valence-corrected chi connectivity index (χ3v) is 6.13. The van der Waals surface area contributed by atoms with Gasteiger partial charge in [0.05, 0.1) is 26.4 Å². The lowest BCUT2D eigenvalue weighted by Gasteiger charge is -2.13. The van der Waals surface area contributed by atoms with Gasteiger partial charge < -0.3 is 41.9 Å². The van der Waals surface area contributed by atoms with Crippen molar-refractivity contribution < 1.29 is 28.5 Å². The van der Waals surface area contributed by atoms with E-state index in [2.05, 4.69) is 0 Å². The van der Waals surface area contributed by atoms with Gasteiger partial charge >= 0.3 is 11.9 Å². The van der Waals surface area contributed by atoms with Crippen LogP contribution in [0.1, 0.15) is 49.7 Å². The van der Waals surface area contributed by atoms with Crippen LogP contribution in [0.5, 0.6) is 11.5 Å². The van der Waals surface area contributed by atoms with Crippen LogP contribution >= 0.6 is 0 Å². The number of hydrogen-bond acceptors (Lipinski definition) is 10. The van der Waals surface area contributed by atoms with Gasteiger partial charge in [-0.15, -0.1) is 0 Å². The zero-order valence-corrected chi connectivity index (χ0v) is 23.4. The number of rotatable bonds is 21. The fraction of sp³-hybridized carbons (Fsp3) is 0.533. The molecule has 2 aromatic rings. The Morgan fingerprint density at radius 3 is 1.27 bits per heavy atom. The van der Waals surface area contributed by atoms with Gasteiger partial charge in [-0.05, 0) is 99.8 Å². The molecule has 0 bridgehead atoms. The molecule has 2 rings (SSSR count). The Morgan fingerprint density at radius 2 is 0.925 bits per heavy atom. The summed E-state index contributed by atoms with van der Waals surface area (Å²) in [5.74, 6) is 0.690. The molecule has 0 aromatic heterocycles. The lowest BCUT2D eigenvalue weighted by molar-refractivity contribution is -0.146. The molecule has 0 saturated heterocycles. The maximum Gasteiger partial charge on any atom is 0.323 e. The number of unbranched alkanes of at least 4 members (excludes halogenated alkanes) is 3. The molecule has 0 spiro atoms. The maximum atomic E-state index is 12.2. The van der Waals surface area contributed by atoms with Gasteiger partial charge in [0.1, 0.15) is 23.6 Å². The lowest BCUT2D eigenvalue weighted by atomic mass is 10.1. The molecule has 10 nitrogen and oxygen atoms in total. The molecule has 0 heterocycles. The van der Waals surface area contributed by atoms with Gasteiger partial charge in [-0.3, -0.25) is 9.59 Å². The van der Waals surface area contributed by atoms with Crippen LogP contribution in [0.2, 0.25) is 0 Å². The van der Waals surface area contributed by atoms with Crippen molar-refractivity contribution in [3.05, 3.63) is 59.7 Å². The van der Waals surface area contributed by atoms with E-state index >= 15 is 0 Å². The molecule has 222 valence electrons. The van der Waals surface area contributed by atoms with Gasteiger partial charge in [0, 0.05) is 0 Å². The van der Waals surface area contributed by atoms with E-state index in [1.807, 2.05) is 48.5 Å². The fourth-order valence-corrected chi connectivity index (χ4v) is 3.78. The van der Waals surface area contributed by atoms with Gasteiger partial charge in [0.25, 0.3) is 0 Å². The number of esters is 2. The third-order valence-electron chi connectivity index (χ3n) is 6.13. The van der Waals surface area contributed by atoms with Crippen molar-refractivity contribution in [3.8, 4) is 11.5 Å². The molecular formula is C30H46N4O6. The third kappa shape index (κ3) is 13.7. The zero-order valence-electron chi connectivity index (χ0n) is 23.4. The number of carbonyl (C=O) groups is 2. The molecule has 10 heteroatoms. The summed E-state index contributed by atoms with van der Waals surface area (Å²) in [5, 5.41) is 0. The van der Waals surface area contributed by atoms with E-state index in [-0.39, 0.29) is 0 Å². The highest BCUT2D eigenvalue weighted by Gasteiger charge is 2.17. The molecule has 40 heavy (non-hydrogen) atoms. The summed E-state index contributed by atoms with van der Waals surface area (Å²) in [4.78, 5) is 24.4. The fourth-order valence-electron chi connectivity index (χ4n) is 3.78. The molecule has 2 unspecified atom stereocenters. The Balaban J connectivity index is 1.51. The summed E-state index contributed by atoms with van der Waals surface area (Å²) >= 11 is 0. The van der Waals surface area contributed by atoms with Crippen molar-refractivity contribution in [2.45, 2.75) is 63.5 Å². The highest BCUT2D eigenvalue weighted by Crippen LogP contribution is 2.15. The summed E-state index contributed by atoms with van der Waals surface area (Å²) in [6.07, 6.45) is 5.50. The molecule has 0 amide bonds. The largest absolute Gasteiger partial charge is 0.494 e. The van der Waals surface area contributed by atoms with Crippen LogP contribution < -0.4 is 32.4 Å². The quantitative estimate of drug-likeness (QED) is 0.131. The van der Waals surface area contributed by atoms with Crippen LogP contribution in [-0.4, -0.2) is 63.5 Å². The van der Waals surface area contributed by atoms with E-state index in [1.165, 1.54) is 0 Å². The molecule has 2 aromatic carbocycles. The summed E-state index contributed by atoms with van der Waals surface area (Å²) in [7, 11) is 0. The molecule has 0 aliphatic rings. The molecule has 0 saturated carbocycles. The van der Waals surface area contributed by atoms with Crippen LogP contribution in [-0.2, 0) is 31.9 Å². The van der Waals surface area contributed by atoms with Crippen molar-refractivity contribution in [3.63, 3.8) is 0 Å². The smallest absolute Gasteiger partial charge is 0.323 e. The van der Waals surface area contributed by atoms with E-state index in [0.717, 1.165) is 48.3 Å². The minimum absolute atomic E-state index is 0.308. The Kier molecular flexibility index (Phi) is 16.4. The van der Waals surface area contributed by atoms with Crippen molar-refractivity contribution in [2.75, 3.05) is 39.5 Å². The summed E-state index contributed by atoms with van der Waals surface area (Å²) < 4.78 is 21.8. The van der Waals surface area contributed by atoms with Crippen LogP contribution in [0.25, 0.3) is 0 Å². The predicted octanol–water partition coefficient (Wildman–Crippen LogP) is 2.23. The van der Waals surface area contributed by atoms with Crippen molar-refractivity contribution in [2.24, 2.45) is 22.9 Å². The standard InChI is InChI=1S/C30H46N4O6/c31-15-5-19-37-25-11-7-23(8-12-25)21-27(33)29(35)39-17-3-1-2-4-18-40-30(36)28(34)22-24-9-13-26(14-10-24)38-20-6-16-32/h7-14,27-28H,1-6,15-22,31-34H2. The number of benzene rings is 2. The minimum Gasteiger partial charge on any atom is -0.494 e. The van der Waals surface area contributed by atoms with E-state index in [1.54, 1.807) is 0 Å². The monoisotopic (exact) mass is 558 g/mol. The highest BCUT2D eigenvalue weighted by atomic mass is 16.5. The van der Waals surface area contributed by atoms with Gasteiger partial charge in [0.15, 0.2) is 0 Å². The lowest BCUT2D eigenvalue weighted by Crippen LogP contribution is -2.34. The van der Waals surface area contributed by atoms with Gasteiger partial charge in [-0.1, -0.05) is 24.3 Å². The van der Waals surface area contributed by atoms with E-state index in [4.69, 9.17) is 41.9 Å². The van der Waals surface area contributed by atoms with Crippen LogP contribution in [0.4, 0.5) is 0 Å². The van der Waals surface area contributed by atoms with Crippen molar-refractivity contribution in [1.82, 2.24) is 0 Å². The van der Waals surface area contributed by atoms with Gasteiger partial charge in [0.2, 0.25) is 0 Å². The SMILES string of the molecule is NCCCOc1ccc(CC(N)C(=O)OCCCCCCOC(=O)C(N)Cc2ccc(OCCCN)cc2)cc1. The van der Waals surface area contributed by atoms with Crippen LogP contribution in [0, 0.1) is 0 Å². The molecule has 8 N–H and O–H groups in total. The maximum absolute atomic E-state index is 12.2. The van der Waals surface area contributed by atoms with E-state index in [0.29, 0.717) is 65.2 Å². The minimum atomic E-state index is -0.722. The Labute approximate surface area is 237 Å². The van der Waals surface area contributed by atoms with E-state index < -0.39 is 24.0 Å². The Morgan fingerprint density at radius 1 is 0.550 bits per heavy atom. The molecule has 0 fully saturated rings. The van der Waals surface area contributed by atoms with Crippen molar-refractivity contribution in [1.29, 1.82) is 0 Å². The second kappa shape index (κ2) is 19.8. The summed E-state index contributed by atoms with van der Waals surface area (Å²) in [5.41, 5.74) is 24.8. The predicted molar refractivity (Wildman–Crippen MR) is 155 cm³/mol. The summed E-state index contributed by atoms with van der Waals surface area (Å²) in [6.45, 7) is 2.94. The van der Waals surface area contributed by atoms with Crippen molar-refractivity contribution >= 4 is 11.9 Å².